The second-order valence-corrected chi connectivity index (χ2v) is 5.90. The maximum Gasteiger partial charge on any atom is 0.119 e. The van der Waals surface area contributed by atoms with Gasteiger partial charge in [-0.1, -0.05) is 18.2 Å². The van der Waals surface area contributed by atoms with E-state index in [0.29, 0.717) is 59.5 Å². The van der Waals surface area contributed by atoms with E-state index in [1.54, 1.807) is 0 Å². The molecule has 0 atom stereocenters. The fourth-order valence-electron chi connectivity index (χ4n) is 2.31. The SMILES string of the molecule is OCCOCCN(CCOCCO)CCOCCOCCOc1ccccc1. The molecule has 8 heteroatoms. The lowest BCUT2D eigenvalue weighted by Gasteiger charge is -2.22. The molecule has 162 valence electrons. The van der Waals surface area contributed by atoms with Gasteiger partial charge < -0.3 is 33.9 Å². The second-order valence-electron chi connectivity index (χ2n) is 5.90. The number of ether oxygens (including phenoxy) is 5. The Morgan fingerprint density at radius 3 is 1.57 bits per heavy atom. The van der Waals surface area contributed by atoms with E-state index < -0.39 is 0 Å². The first-order chi connectivity index (χ1) is 13.9. The number of nitrogens with zero attached hydrogens (tertiary/aromatic N) is 1. The Balaban J connectivity index is 2.00. The number of aliphatic hydroxyl groups excluding tert-OH is 2. The van der Waals surface area contributed by atoms with E-state index in [0.717, 1.165) is 25.4 Å². The van der Waals surface area contributed by atoms with Crippen LogP contribution in [-0.4, -0.2) is 107 Å². The Hall–Kier alpha value is -1.26. The fourth-order valence-corrected chi connectivity index (χ4v) is 2.31. The number of para-hydroxylation sites is 1. The number of aliphatic hydroxyl groups is 2. The van der Waals surface area contributed by atoms with Crippen molar-refractivity contribution in [2.45, 2.75) is 0 Å². The van der Waals surface area contributed by atoms with E-state index in [-0.39, 0.29) is 13.2 Å². The third-order valence-electron chi connectivity index (χ3n) is 3.74. The summed E-state index contributed by atoms with van der Waals surface area (Å²) in [5.41, 5.74) is 0. The van der Waals surface area contributed by atoms with Crippen LogP contribution >= 0.6 is 0 Å². The predicted molar refractivity (Wildman–Crippen MR) is 106 cm³/mol. The highest BCUT2D eigenvalue weighted by molar-refractivity contribution is 5.20. The predicted octanol–water partition coefficient (Wildman–Crippen LogP) is 0.418. The first-order valence-corrected chi connectivity index (χ1v) is 9.79. The molecule has 0 unspecified atom stereocenters. The quantitative estimate of drug-likeness (QED) is 0.304. The summed E-state index contributed by atoms with van der Waals surface area (Å²) in [6.07, 6.45) is 0. The summed E-state index contributed by atoms with van der Waals surface area (Å²) in [6.45, 7) is 6.73. The molecular formula is C20H35NO7. The van der Waals surface area contributed by atoms with Crippen LogP contribution < -0.4 is 4.74 Å². The minimum atomic E-state index is 0.0269. The molecule has 0 bridgehead atoms. The van der Waals surface area contributed by atoms with Crippen molar-refractivity contribution in [1.29, 1.82) is 0 Å². The molecule has 1 rings (SSSR count). The van der Waals surface area contributed by atoms with Crippen LogP contribution in [-0.2, 0) is 18.9 Å². The van der Waals surface area contributed by atoms with E-state index in [1.807, 2.05) is 30.3 Å². The lowest BCUT2D eigenvalue weighted by atomic mass is 10.3. The third-order valence-corrected chi connectivity index (χ3v) is 3.74. The van der Waals surface area contributed by atoms with Crippen molar-refractivity contribution in [3.63, 3.8) is 0 Å². The van der Waals surface area contributed by atoms with Gasteiger partial charge >= 0.3 is 0 Å². The molecule has 0 aromatic heterocycles. The van der Waals surface area contributed by atoms with Crippen LogP contribution in [0.1, 0.15) is 0 Å². The molecule has 0 aliphatic carbocycles. The topological polar surface area (TPSA) is 89.9 Å². The lowest BCUT2D eigenvalue weighted by Crippen LogP contribution is -2.34. The minimum absolute atomic E-state index is 0.0269. The van der Waals surface area contributed by atoms with Crippen LogP contribution in [0.3, 0.4) is 0 Å². The zero-order valence-corrected chi connectivity index (χ0v) is 16.7. The summed E-state index contributed by atoms with van der Waals surface area (Å²) in [5.74, 6) is 0.841. The molecule has 0 amide bonds. The van der Waals surface area contributed by atoms with Gasteiger partial charge in [-0.15, -0.1) is 0 Å². The third kappa shape index (κ3) is 14.8. The molecule has 0 saturated heterocycles. The molecule has 0 fully saturated rings. The molecule has 8 nitrogen and oxygen atoms in total. The Morgan fingerprint density at radius 1 is 0.571 bits per heavy atom. The van der Waals surface area contributed by atoms with Gasteiger partial charge in [0.05, 0.1) is 66.1 Å². The lowest BCUT2D eigenvalue weighted by molar-refractivity contribution is 0.0169. The minimum Gasteiger partial charge on any atom is -0.491 e. The van der Waals surface area contributed by atoms with Crippen molar-refractivity contribution >= 4 is 0 Å². The molecule has 2 N–H and O–H groups in total. The van der Waals surface area contributed by atoms with Crippen molar-refractivity contribution in [2.24, 2.45) is 0 Å². The van der Waals surface area contributed by atoms with E-state index in [2.05, 4.69) is 4.90 Å². The van der Waals surface area contributed by atoms with Crippen LogP contribution in [0, 0.1) is 0 Å². The van der Waals surface area contributed by atoms with Gasteiger partial charge in [0.25, 0.3) is 0 Å². The molecule has 0 radical (unpaired) electrons. The maximum atomic E-state index is 8.75. The number of hydrogen-bond acceptors (Lipinski definition) is 8. The van der Waals surface area contributed by atoms with Crippen LogP contribution in [0.2, 0.25) is 0 Å². The van der Waals surface area contributed by atoms with Gasteiger partial charge in [0, 0.05) is 19.6 Å². The summed E-state index contributed by atoms with van der Waals surface area (Å²) >= 11 is 0. The zero-order valence-electron chi connectivity index (χ0n) is 16.7. The molecule has 0 spiro atoms. The van der Waals surface area contributed by atoms with Crippen molar-refractivity contribution in [3.05, 3.63) is 30.3 Å². The number of hydrogen-bond donors (Lipinski definition) is 2. The van der Waals surface area contributed by atoms with Gasteiger partial charge in [0.2, 0.25) is 0 Å². The van der Waals surface area contributed by atoms with Gasteiger partial charge in [-0.25, -0.2) is 0 Å². The Morgan fingerprint density at radius 2 is 1.04 bits per heavy atom. The Labute approximate surface area is 167 Å². The largest absolute Gasteiger partial charge is 0.491 e. The molecule has 1 aromatic rings. The molecule has 0 saturated carbocycles. The summed E-state index contributed by atoms with van der Waals surface area (Å²) < 4.78 is 27.3. The molecule has 1 aromatic carbocycles. The van der Waals surface area contributed by atoms with Crippen molar-refractivity contribution in [1.82, 2.24) is 4.90 Å². The smallest absolute Gasteiger partial charge is 0.119 e. The number of rotatable bonds is 20. The normalized spacial score (nSPS) is 11.2. The molecular weight excluding hydrogens is 366 g/mol. The van der Waals surface area contributed by atoms with Gasteiger partial charge in [0.1, 0.15) is 12.4 Å². The monoisotopic (exact) mass is 401 g/mol. The van der Waals surface area contributed by atoms with E-state index in [4.69, 9.17) is 33.9 Å². The highest BCUT2D eigenvalue weighted by Gasteiger charge is 2.05. The van der Waals surface area contributed by atoms with Gasteiger partial charge in [-0.3, -0.25) is 4.90 Å². The maximum absolute atomic E-state index is 8.75. The summed E-state index contributed by atoms with van der Waals surface area (Å²) in [6, 6.07) is 9.65. The average molecular weight is 402 g/mol. The van der Waals surface area contributed by atoms with Crippen LogP contribution in [0.25, 0.3) is 0 Å². The van der Waals surface area contributed by atoms with Crippen LogP contribution in [0.5, 0.6) is 5.75 Å². The summed E-state index contributed by atoms with van der Waals surface area (Å²) in [5, 5.41) is 17.5. The van der Waals surface area contributed by atoms with Crippen LogP contribution in [0.15, 0.2) is 30.3 Å². The van der Waals surface area contributed by atoms with Gasteiger partial charge in [0.15, 0.2) is 0 Å². The van der Waals surface area contributed by atoms with E-state index in [1.165, 1.54) is 0 Å². The first-order valence-electron chi connectivity index (χ1n) is 9.79. The van der Waals surface area contributed by atoms with Crippen LogP contribution in [0.4, 0.5) is 0 Å². The Kier molecular flexibility index (Phi) is 16.9. The van der Waals surface area contributed by atoms with E-state index in [9.17, 15) is 0 Å². The molecule has 0 aliphatic heterocycles. The highest BCUT2D eigenvalue weighted by Crippen LogP contribution is 2.07. The molecule has 28 heavy (non-hydrogen) atoms. The Bertz CT molecular complexity index is 424. The van der Waals surface area contributed by atoms with Gasteiger partial charge in [-0.2, -0.15) is 0 Å². The van der Waals surface area contributed by atoms with Crippen molar-refractivity contribution in [2.75, 3.05) is 92.3 Å². The molecule has 0 heterocycles. The standard InChI is InChI=1S/C20H35NO7/c22-9-14-24-11-6-21(7-12-25-15-10-23)8-13-26-16-17-27-18-19-28-20-4-2-1-3-5-20/h1-5,22-23H,6-19H2. The molecule has 0 aliphatic rings. The van der Waals surface area contributed by atoms with Crippen molar-refractivity contribution < 1.29 is 33.9 Å². The first kappa shape index (κ1) is 24.8. The zero-order chi connectivity index (χ0) is 20.1. The van der Waals surface area contributed by atoms with Crippen molar-refractivity contribution in [3.8, 4) is 5.75 Å². The van der Waals surface area contributed by atoms with Gasteiger partial charge in [-0.05, 0) is 12.1 Å². The average Bonchev–Trinajstić information content (AvgIpc) is 2.73. The van der Waals surface area contributed by atoms with E-state index >= 15 is 0 Å². The number of benzene rings is 1. The fraction of sp³-hybridized carbons (Fsp3) is 0.700. The summed E-state index contributed by atoms with van der Waals surface area (Å²) in [4.78, 5) is 2.17. The highest BCUT2D eigenvalue weighted by atomic mass is 16.5. The summed E-state index contributed by atoms with van der Waals surface area (Å²) in [7, 11) is 0. The second kappa shape index (κ2) is 19.1.